The molecular weight excluding hydrogens is 404 g/mol. The van der Waals surface area contributed by atoms with Crippen molar-refractivity contribution in [1.82, 2.24) is 0 Å². The molecule has 3 aromatic rings. The first-order valence-electron chi connectivity index (χ1n) is 8.46. The van der Waals surface area contributed by atoms with Gasteiger partial charge in [-0.2, -0.15) is 0 Å². The SMILES string of the molecule is Cc1ccc(S(=O)(=O)c2csc3c2NC(=O)C[C@@H]3c2c(F)cccc2F)cc1. The Morgan fingerprint density at radius 2 is 1.71 bits per heavy atom. The van der Waals surface area contributed by atoms with Crippen molar-refractivity contribution in [3.63, 3.8) is 0 Å². The summed E-state index contributed by atoms with van der Waals surface area (Å²) in [6.07, 6.45) is -0.157. The Hall–Kier alpha value is -2.58. The van der Waals surface area contributed by atoms with Crippen molar-refractivity contribution in [3.8, 4) is 0 Å². The van der Waals surface area contributed by atoms with E-state index in [1.54, 1.807) is 12.1 Å². The van der Waals surface area contributed by atoms with Crippen LogP contribution in [-0.2, 0) is 14.6 Å². The molecule has 0 saturated heterocycles. The summed E-state index contributed by atoms with van der Waals surface area (Å²) in [5, 5.41) is 4.00. The van der Waals surface area contributed by atoms with E-state index >= 15 is 0 Å². The number of fused-ring (bicyclic) bond motifs is 1. The number of rotatable bonds is 3. The minimum Gasteiger partial charge on any atom is -0.324 e. The molecule has 0 radical (unpaired) electrons. The van der Waals surface area contributed by atoms with Crippen molar-refractivity contribution in [3.05, 3.63) is 75.5 Å². The summed E-state index contributed by atoms with van der Waals surface area (Å²) in [6.45, 7) is 1.84. The number of halogens is 2. The van der Waals surface area contributed by atoms with E-state index in [1.807, 2.05) is 6.92 Å². The first-order valence-corrected chi connectivity index (χ1v) is 10.8. The van der Waals surface area contributed by atoms with Gasteiger partial charge in [0, 0.05) is 28.2 Å². The highest BCUT2D eigenvalue weighted by Crippen LogP contribution is 2.46. The Bertz CT molecular complexity index is 1160. The molecule has 1 amide bonds. The number of carbonyl (C=O) groups is 1. The summed E-state index contributed by atoms with van der Waals surface area (Å²) in [7, 11) is -3.89. The molecule has 28 heavy (non-hydrogen) atoms. The lowest BCUT2D eigenvalue weighted by Crippen LogP contribution is -2.24. The molecule has 8 heteroatoms. The molecule has 4 nitrogen and oxygen atoms in total. The van der Waals surface area contributed by atoms with E-state index in [-0.39, 0.29) is 27.5 Å². The predicted octanol–water partition coefficient (Wildman–Crippen LogP) is 4.64. The molecule has 2 aromatic carbocycles. The number of hydrogen-bond acceptors (Lipinski definition) is 4. The monoisotopic (exact) mass is 419 g/mol. The van der Waals surface area contributed by atoms with Crippen LogP contribution in [0.1, 0.15) is 28.3 Å². The molecule has 0 spiro atoms. The number of carbonyl (C=O) groups excluding carboxylic acids is 1. The van der Waals surface area contributed by atoms with Crippen LogP contribution in [0.2, 0.25) is 0 Å². The molecule has 1 atom stereocenters. The Morgan fingerprint density at radius 3 is 2.36 bits per heavy atom. The second-order valence-corrected chi connectivity index (χ2v) is 9.43. The summed E-state index contributed by atoms with van der Waals surface area (Å²) in [5.74, 6) is -2.89. The van der Waals surface area contributed by atoms with Gasteiger partial charge in [-0.25, -0.2) is 17.2 Å². The summed E-state index contributed by atoms with van der Waals surface area (Å²) in [5.41, 5.74) is 0.795. The van der Waals surface area contributed by atoms with Crippen LogP contribution in [0.4, 0.5) is 14.5 Å². The van der Waals surface area contributed by atoms with Gasteiger partial charge in [-0.05, 0) is 31.2 Å². The fourth-order valence-electron chi connectivity index (χ4n) is 3.32. The fraction of sp³-hybridized carbons (Fsp3) is 0.150. The highest BCUT2D eigenvalue weighted by Gasteiger charge is 2.36. The maximum absolute atomic E-state index is 14.3. The zero-order valence-electron chi connectivity index (χ0n) is 14.7. The average Bonchev–Trinajstić information content (AvgIpc) is 3.06. The van der Waals surface area contributed by atoms with E-state index in [0.717, 1.165) is 29.0 Å². The van der Waals surface area contributed by atoms with Gasteiger partial charge in [0.25, 0.3) is 0 Å². The molecule has 1 aromatic heterocycles. The van der Waals surface area contributed by atoms with E-state index in [1.165, 1.54) is 23.6 Å². The van der Waals surface area contributed by atoms with E-state index in [0.29, 0.717) is 4.88 Å². The molecule has 2 heterocycles. The van der Waals surface area contributed by atoms with Crippen LogP contribution in [0.15, 0.2) is 57.6 Å². The average molecular weight is 419 g/mol. The van der Waals surface area contributed by atoms with Crippen LogP contribution < -0.4 is 5.32 Å². The van der Waals surface area contributed by atoms with Crippen LogP contribution in [0.3, 0.4) is 0 Å². The number of hydrogen-bond donors (Lipinski definition) is 1. The molecule has 0 fully saturated rings. The number of amides is 1. The fourth-order valence-corrected chi connectivity index (χ4v) is 6.21. The normalized spacial score (nSPS) is 16.5. The predicted molar refractivity (Wildman–Crippen MR) is 102 cm³/mol. The van der Waals surface area contributed by atoms with E-state index in [4.69, 9.17) is 0 Å². The molecule has 1 aliphatic heterocycles. The zero-order valence-corrected chi connectivity index (χ0v) is 16.3. The largest absolute Gasteiger partial charge is 0.324 e. The van der Waals surface area contributed by atoms with Gasteiger partial charge in [0.1, 0.15) is 16.5 Å². The number of sulfone groups is 1. The third-order valence-corrected chi connectivity index (χ3v) is 7.76. The smallest absolute Gasteiger partial charge is 0.225 e. The maximum Gasteiger partial charge on any atom is 0.225 e. The third kappa shape index (κ3) is 3.02. The Labute approximate surface area is 164 Å². The van der Waals surface area contributed by atoms with Crippen molar-refractivity contribution in [2.24, 2.45) is 0 Å². The number of thiophene rings is 1. The summed E-state index contributed by atoms with van der Waals surface area (Å²) < 4.78 is 54.8. The van der Waals surface area contributed by atoms with Crippen molar-refractivity contribution in [2.45, 2.75) is 29.1 Å². The Kier molecular flexibility index (Phi) is 4.55. The third-order valence-electron chi connectivity index (χ3n) is 4.73. The molecule has 144 valence electrons. The van der Waals surface area contributed by atoms with Crippen LogP contribution in [0, 0.1) is 18.6 Å². The van der Waals surface area contributed by atoms with Gasteiger partial charge in [-0.1, -0.05) is 23.8 Å². The first-order chi connectivity index (χ1) is 13.3. The zero-order chi connectivity index (χ0) is 20.1. The van der Waals surface area contributed by atoms with Gasteiger partial charge in [0.05, 0.1) is 10.6 Å². The van der Waals surface area contributed by atoms with E-state index in [9.17, 15) is 22.0 Å². The van der Waals surface area contributed by atoms with Crippen molar-refractivity contribution in [1.29, 1.82) is 0 Å². The summed E-state index contributed by atoms with van der Waals surface area (Å²) >= 11 is 1.07. The minimum atomic E-state index is -3.89. The van der Waals surface area contributed by atoms with E-state index < -0.39 is 33.3 Å². The number of benzene rings is 2. The van der Waals surface area contributed by atoms with Gasteiger partial charge in [-0.15, -0.1) is 11.3 Å². The second kappa shape index (κ2) is 6.79. The van der Waals surface area contributed by atoms with E-state index in [2.05, 4.69) is 5.32 Å². The molecule has 0 aliphatic carbocycles. The lowest BCUT2D eigenvalue weighted by atomic mass is 9.90. The second-order valence-electron chi connectivity index (χ2n) is 6.60. The number of aryl methyl sites for hydroxylation is 1. The van der Waals surface area contributed by atoms with Crippen molar-refractivity contribution >= 4 is 32.8 Å². The van der Waals surface area contributed by atoms with Crippen LogP contribution in [0.5, 0.6) is 0 Å². The molecule has 1 N–H and O–H groups in total. The summed E-state index contributed by atoms with van der Waals surface area (Å²) in [4.78, 5) is 12.7. The summed E-state index contributed by atoms with van der Waals surface area (Å²) in [6, 6.07) is 9.86. The van der Waals surface area contributed by atoms with Gasteiger partial charge >= 0.3 is 0 Å². The molecule has 4 rings (SSSR count). The van der Waals surface area contributed by atoms with Gasteiger partial charge < -0.3 is 5.32 Å². The molecule has 1 aliphatic rings. The van der Waals surface area contributed by atoms with Crippen LogP contribution in [-0.4, -0.2) is 14.3 Å². The topological polar surface area (TPSA) is 63.2 Å². The van der Waals surface area contributed by atoms with Crippen LogP contribution in [0.25, 0.3) is 0 Å². The highest BCUT2D eigenvalue weighted by molar-refractivity contribution is 7.91. The molecule has 0 saturated carbocycles. The standard InChI is InChI=1S/C20H15F2NO3S2/c1-11-5-7-12(8-6-11)28(25,26)16-10-27-20-13(9-17(24)23-19(16)20)18-14(21)3-2-4-15(18)22/h2-8,10,13H,9H2,1H3,(H,23,24)/t13-/m1/s1. The molecule has 0 bridgehead atoms. The van der Waals surface area contributed by atoms with Gasteiger partial charge in [0.2, 0.25) is 15.7 Å². The maximum atomic E-state index is 14.3. The lowest BCUT2D eigenvalue weighted by molar-refractivity contribution is -0.116. The number of nitrogens with one attached hydrogen (secondary N) is 1. The molecular formula is C20H15F2NO3S2. The van der Waals surface area contributed by atoms with Crippen LogP contribution >= 0.6 is 11.3 Å². The molecule has 0 unspecified atom stereocenters. The Morgan fingerprint density at radius 1 is 1.07 bits per heavy atom. The quantitative estimate of drug-likeness (QED) is 0.673. The highest BCUT2D eigenvalue weighted by atomic mass is 32.2. The first kappa shape index (κ1) is 18.8. The Balaban J connectivity index is 1.87. The lowest BCUT2D eigenvalue weighted by Gasteiger charge is -2.24. The minimum absolute atomic E-state index is 0.0637. The van der Waals surface area contributed by atoms with Crippen molar-refractivity contribution < 1.29 is 22.0 Å². The number of anilines is 1. The van der Waals surface area contributed by atoms with Gasteiger partial charge in [-0.3, -0.25) is 4.79 Å². The van der Waals surface area contributed by atoms with Gasteiger partial charge in [0.15, 0.2) is 0 Å². The van der Waals surface area contributed by atoms with Crippen molar-refractivity contribution in [2.75, 3.05) is 5.32 Å².